The van der Waals surface area contributed by atoms with E-state index in [1.165, 1.54) is 32.7 Å². The van der Waals surface area contributed by atoms with Crippen molar-refractivity contribution in [1.29, 1.82) is 0 Å². The van der Waals surface area contributed by atoms with Crippen molar-refractivity contribution in [2.24, 2.45) is 12.8 Å². The maximum atomic E-state index is 13.9. The lowest BCUT2D eigenvalue weighted by Gasteiger charge is -2.43. The van der Waals surface area contributed by atoms with Gasteiger partial charge in [0.2, 0.25) is 0 Å². The van der Waals surface area contributed by atoms with Crippen molar-refractivity contribution in [2.45, 2.75) is 76.5 Å². The van der Waals surface area contributed by atoms with Gasteiger partial charge in [0.25, 0.3) is 17.7 Å². The molecule has 2 heterocycles. The third-order valence-electron chi connectivity index (χ3n) is 7.20. The number of aromatic nitrogens is 2. The van der Waals surface area contributed by atoms with Crippen molar-refractivity contribution in [1.82, 2.24) is 24.9 Å². The zero-order chi connectivity index (χ0) is 26.9. The summed E-state index contributed by atoms with van der Waals surface area (Å²) < 4.78 is 15.4. The zero-order valence-corrected chi connectivity index (χ0v) is 22.0. The van der Waals surface area contributed by atoms with E-state index in [1.807, 2.05) is 20.8 Å². The number of carbonyl (C=O) groups is 3. The molecule has 1 unspecified atom stereocenters. The lowest BCUT2D eigenvalue weighted by molar-refractivity contribution is -0.133. The molecule has 3 amide bonds. The van der Waals surface area contributed by atoms with Crippen LogP contribution in [0.1, 0.15) is 79.4 Å². The van der Waals surface area contributed by atoms with E-state index in [4.69, 9.17) is 5.73 Å². The number of halogens is 1. The Morgan fingerprint density at radius 1 is 1.03 bits per heavy atom. The van der Waals surface area contributed by atoms with Crippen molar-refractivity contribution in [3.8, 4) is 0 Å². The second-order valence-corrected chi connectivity index (χ2v) is 11.1. The molecule has 1 aliphatic heterocycles. The highest BCUT2D eigenvalue weighted by Gasteiger charge is 2.42. The van der Waals surface area contributed by atoms with E-state index in [0.29, 0.717) is 18.7 Å². The number of benzene rings is 1. The number of amides is 3. The van der Waals surface area contributed by atoms with Gasteiger partial charge in [-0.05, 0) is 56.4 Å². The highest BCUT2D eigenvalue weighted by Crippen LogP contribution is 2.26. The van der Waals surface area contributed by atoms with Crippen LogP contribution in [0.3, 0.4) is 0 Å². The molecule has 10 heteroatoms. The van der Waals surface area contributed by atoms with Gasteiger partial charge in [-0.3, -0.25) is 19.1 Å². The molecule has 37 heavy (non-hydrogen) atoms. The standard InChI is InChI=1S/C27H37FN6O3/c1-27(2,3)22-16-21(32(4)31-22)26(37)34-14-6-13-33(25(36)17-7-5-8-18(28)15-17)24(34)23(35)30-20-11-9-19(29)10-12-20/h5,7-8,15-16,19-20,24H,6,9-14,29H2,1-4H3,(H,30,35). The van der Waals surface area contributed by atoms with Crippen LogP contribution in [0.4, 0.5) is 4.39 Å². The zero-order valence-electron chi connectivity index (χ0n) is 22.0. The van der Waals surface area contributed by atoms with Gasteiger partial charge in [-0.1, -0.05) is 26.8 Å². The van der Waals surface area contributed by atoms with Crippen LogP contribution in [0, 0.1) is 5.82 Å². The van der Waals surface area contributed by atoms with E-state index in [9.17, 15) is 18.8 Å². The molecule has 0 spiro atoms. The van der Waals surface area contributed by atoms with Crippen molar-refractivity contribution in [3.05, 3.63) is 53.1 Å². The van der Waals surface area contributed by atoms with E-state index < -0.39 is 23.8 Å². The number of carbonyl (C=O) groups excluding carboxylic acids is 3. The molecule has 1 aromatic carbocycles. The predicted octanol–water partition coefficient (Wildman–Crippen LogP) is 2.56. The average Bonchev–Trinajstić information content (AvgIpc) is 3.26. The third-order valence-corrected chi connectivity index (χ3v) is 7.20. The summed E-state index contributed by atoms with van der Waals surface area (Å²) >= 11 is 0. The van der Waals surface area contributed by atoms with E-state index in [-0.39, 0.29) is 35.5 Å². The monoisotopic (exact) mass is 512 g/mol. The number of nitrogens with zero attached hydrogens (tertiary/aromatic N) is 4. The second kappa shape index (κ2) is 10.6. The Bertz CT molecular complexity index is 1170. The lowest BCUT2D eigenvalue weighted by Crippen LogP contribution is -2.64. The van der Waals surface area contributed by atoms with Gasteiger partial charge in [0, 0.05) is 43.2 Å². The van der Waals surface area contributed by atoms with E-state index in [1.54, 1.807) is 13.1 Å². The fourth-order valence-corrected chi connectivity index (χ4v) is 5.04. The molecular formula is C27H37FN6O3. The molecule has 1 aromatic heterocycles. The minimum atomic E-state index is -1.17. The van der Waals surface area contributed by atoms with E-state index >= 15 is 0 Å². The van der Waals surface area contributed by atoms with Gasteiger partial charge in [0.05, 0.1) is 5.69 Å². The highest BCUT2D eigenvalue weighted by atomic mass is 19.1. The largest absolute Gasteiger partial charge is 0.350 e. The van der Waals surface area contributed by atoms with Gasteiger partial charge in [0.15, 0.2) is 6.17 Å². The molecule has 1 aliphatic carbocycles. The maximum absolute atomic E-state index is 13.9. The van der Waals surface area contributed by atoms with Crippen LogP contribution < -0.4 is 11.1 Å². The van der Waals surface area contributed by atoms with Crippen molar-refractivity contribution in [3.63, 3.8) is 0 Å². The predicted molar refractivity (Wildman–Crippen MR) is 137 cm³/mol. The molecule has 0 radical (unpaired) electrons. The van der Waals surface area contributed by atoms with Gasteiger partial charge in [-0.2, -0.15) is 5.10 Å². The molecule has 0 bridgehead atoms. The minimum Gasteiger partial charge on any atom is -0.350 e. The summed E-state index contributed by atoms with van der Waals surface area (Å²) in [5, 5.41) is 7.57. The average molecular weight is 513 g/mol. The summed E-state index contributed by atoms with van der Waals surface area (Å²) in [6.45, 7) is 6.60. The molecule has 200 valence electrons. The van der Waals surface area contributed by atoms with Gasteiger partial charge in [0.1, 0.15) is 11.5 Å². The Morgan fingerprint density at radius 2 is 1.68 bits per heavy atom. The minimum absolute atomic E-state index is 0.0819. The number of hydrogen-bond donors (Lipinski definition) is 2. The van der Waals surface area contributed by atoms with Crippen molar-refractivity contribution >= 4 is 17.7 Å². The van der Waals surface area contributed by atoms with Gasteiger partial charge < -0.3 is 20.9 Å². The van der Waals surface area contributed by atoms with Gasteiger partial charge in [-0.25, -0.2) is 4.39 Å². The maximum Gasteiger partial charge on any atom is 0.274 e. The van der Waals surface area contributed by atoms with Crippen LogP contribution in [-0.4, -0.2) is 68.6 Å². The molecule has 1 saturated carbocycles. The van der Waals surface area contributed by atoms with Crippen molar-refractivity contribution in [2.75, 3.05) is 13.1 Å². The quantitative estimate of drug-likeness (QED) is 0.654. The number of nitrogens with two attached hydrogens (primary N) is 1. The first-order valence-electron chi connectivity index (χ1n) is 12.9. The highest BCUT2D eigenvalue weighted by molar-refractivity contribution is 6.01. The molecule has 4 rings (SSSR count). The summed E-state index contributed by atoms with van der Waals surface area (Å²) in [6.07, 6.45) is 2.40. The molecule has 1 atom stereocenters. The summed E-state index contributed by atoms with van der Waals surface area (Å²) in [6, 6.07) is 7.16. The third kappa shape index (κ3) is 5.84. The summed E-state index contributed by atoms with van der Waals surface area (Å²) in [7, 11) is 1.70. The molecule has 9 nitrogen and oxygen atoms in total. The van der Waals surface area contributed by atoms with Gasteiger partial charge in [-0.15, -0.1) is 0 Å². The van der Waals surface area contributed by atoms with Crippen LogP contribution in [0.2, 0.25) is 0 Å². The lowest BCUT2D eigenvalue weighted by atomic mass is 9.91. The Hall–Kier alpha value is -3.27. The SMILES string of the molecule is Cn1nc(C(C)(C)C)cc1C(=O)N1CCCN(C(=O)c2cccc(F)c2)C1C(=O)NC1CCC(N)CC1. The van der Waals surface area contributed by atoms with Crippen molar-refractivity contribution < 1.29 is 18.8 Å². The first kappa shape index (κ1) is 26.8. The number of hydrogen-bond acceptors (Lipinski definition) is 5. The van der Waals surface area contributed by atoms with E-state index in [0.717, 1.165) is 37.4 Å². The molecule has 1 saturated heterocycles. The van der Waals surface area contributed by atoms with Crippen LogP contribution in [0.15, 0.2) is 30.3 Å². The number of rotatable bonds is 4. The van der Waals surface area contributed by atoms with Crippen LogP contribution in [-0.2, 0) is 17.3 Å². The fourth-order valence-electron chi connectivity index (χ4n) is 5.04. The number of nitrogens with one attached hydrogen (secondary N) is 1. The second-order valence-electron chi connectivity index (χ2n) is 11.1. The fraction of sp³-hybridized carbons (Fsp3) is 0.556. The first-order valence-corrected chi connectivity index (χ1v) is 12.9. The van der Waals surface area contributed by atoms with Crippen LogP contribution in [0.25, 0.3) is 0 Å². The molecule has 2 aliphatic rings. The molecule has 3 N–H and O–H groups in total. The Kier molecular flexibility index (Phi) is 7.68. The van der Waals surface area contributed by atoms with E-state index in [2.05, 4.69) is 10.4 Å². The molecule has 2 fully saturated rings. The Balaban J connectivity index is 1.67. The summed E-state index contributed by atoms with van der Waals surface area (Å²) in [5.41, 5.74) is 6.98. The Morgan fingerprint density at radius 3 is 2.27 bits per heavy atom. The topological polar surface area (TPSA) is 114 Å². The normalized spacial score (nSPS) is 22.6. The first-order chi connectivity index (χ1) is 17.5. The molecular weight excluding hydrogens is 475 g/mol. The summed E-state index contributed by atoms with van der Waals surface area (Å²) in [4.78, 5) is 43.9. The van der Waals surface area contributed by atoms with Crippen LogP contribution >= 0.6 is 0 Å². The smallest absolute Gasteiger partial charge is 0.274 e. The molecule has 2 aromatic rings. The van der Waals surface area contributed by atoms with Gasteiger partial charge >= 0.3 is 0 Å². The Labute approximate surface area is 217 Å². The summed E-state index contributed by atoms with van der Waals surface area (Å²) in [5.74, 6) is -1.84. The number of aryl methyl sites for hydroxylation is 1. The van der Waals surface area contributed by atoms with Crippen LogP contribution in [0.5, 0.6) is 0 Å².